The molecule has 1 heterocycles. The first-order chi connectivity index (χ1) is 16.9. The van der Waals surface area contributed by atoms with Crippen molar-refractivity contribution in [1.82, 2.24) is 14.9 Å². The summed E-state index contributed by atoms with van der Waals surface area (Å²) in [6.07, 6.45) is 4.17. The first-order valence-electron chi connectivity index (χ1n) is 10.9. The third-order valence-corrected chi connectivity index (χ3v) is 5.46. The number of anilines is 1. The summed E-state index contributed by atoms with van der Waals surface area (Å²) in [6.45, 7) is 1.85. The highest BCUT2D eigenvalue weighted by molar-refractivity contribution is 6.01. The number of hydrogen-bond acceptors (Lipinski definition) is 4. The summed E-state index contributed by atoms with van der Waals surface area (Å²) in [7, 11) is 0. The fraction of sp³-hybridized carbons (Fsp3) is 0.111. The summed E-state index contributed by atoms with van der Waals surface area (Å²) < 4.78 is 26.9. The Morgan fingerprint density at radius 1 is 0.914 bits per heavy atom. The van der Waals surface area contributed by atoms with E-state index in [0.717, 1.165) is 5.56 Å². The van der Waals surface area contributed by atoms with Crippen molar-refractivity contribution in [3.05, 3.63) is 125 Å². The van der Waals surface area contributed by atoms with Crippen LogP contribution in [0.5, 0.6) is 0 Å². The van der Waals surface area contributed by atoms with Gasteiger partial charge in [-0.15, -0.1) is 0 Å². The molecule has 0 radical (unpaired) electrons. The number of aryl methyl sites for hydroxylation is 1. The summed E-state index contributed by atoms with van der Waals surface area (Å²) >= 11 is 0. The third kappa shape index (κ3) is 5.73. The number of hydrogen-bond donors (Lipinski definition) is 1. The van der Waals surface area contributed by atoms with Crippen LogP contribution < -0.4 is 5.32 Å². The highest BCUT2D eigenvalue weighted by Gasteiger charge is 2.34. The number of nitrogens with zero attached hydrogens (tertiary/aromatic N) is 3. The van der Waals surface area contributed by atoms with Gasteiger partial charge in [-0.1, -0.05) is 36.4 Å². The Balaban J connectivity index is 1.79. The van der Waals surface area contributed by atoms with Crippen molar-refractivity contribution in [3.8, 4) is 0 Å². The van der Waals surface area contributed by atoms with Crippen molar-refractivity contribution < 1.29 is 18.4 Å². The topological polar surface area (TPSA) is 75.2 Å². The molecule has 4 aromatic rings. The normalized spacial score (nSPS) is 11.5. The number of amides is 2. The molecular formula is C27H22F2N4O2. The Morgan fingerprint density at radius 3 is 2.20 bits per heavy atom. The molecule has 6 nitrogen and oxygen atoms in total. The summed E-state index contributed by atoms with van der Waals surface area (Å²) in [5.74, 6) is -1.87. The minimum absolute atomic E-state index is 0.00548. The minimum Gasteiger partial charge on any atom is -0.324 e. The summed E-state index contributed by atoms with van der Waals surface area (Å²) in [5, 5.41) is 2.78. The van der Waals surface area contributed by atoms with Gasteiger partial charge in [-0.2, -0.15) is 0 Å². The number of rotatable bonds is 7. The van der Waals surface area contributed by atoms with Gasteiger partial charge in [0, 0.05) is 24.6 Å². The van der Waals surface area contributed by atoms with Gasteiger partial charge in [0.05, 0.1) is 6.20 Å². The van der Waals surface area contributed by atoms with E-state index in [1.54, 1.807) is 24.3 Å². The van der Waals surface area contributed by atoms with Crippen LogP contribution >= 0.6 is 0 Å². The number of benzene rings is 3. The van der Waals surface area contributed by atoms with Crippen LogP contribution in [0.25, 0.3) is 0 Å². The van der Waals surface area contributed by atoms with Gasteiger partial charge in [0.25, 0.3) is 11.8 Å². The second kappa shape index (κ2) is 10.6. The SMILES string of the molecule is Cc1ccccc1[C@H](C(=O)Nc1ccc(F)cc1)N(Cc1ccc(F)cc1)C(=O)c1cnccn1. The van der Waals surface area contributed by atoms with Crippen molar-refractivity contribution in [2.45, 2.75) is 19.5 Å². The average Bonchev–Trinajstić information content (AvgIpc) is 2.87. The molecule has 0 saturated heterocycles. The smallest absolute Gasteiger partial charge is 0.275 e. The van der Waals surface area contributed by atoms with Crippen LogP contribution in [-0.4, -0.2) is 26.7 Å². The minimum atomic E-state index is -1.07. The highest BCUT2D eigenvalue weighted by atomic mass is 19.1. The van der Waals surface area contributed by atoms with E-state index in [2.05, 4.69) is 15.3 Å². The molecule has 0 aliphatic carbocycles. The van der Waals surface area contributed by atoms with E-state index in [9.17, 15) is 18.4 Å². The van der Waals surface area contributed by atoms with Crippen LogP contribution in [0.3, 0.4) is 0 Å². The molecule has 0 fully saturated rings. The zero-order valence-corrected chi connectivity index (χ0v) is 18.9. The number of aromatic nitrogens is 2. The van der Waals surface area contributed by atoms with Gasteiger partial charge in [0.15, 0.2) is 0 Å². The predicted molar refractivity (Wildman–Crippen MR) is 127 cm³/mol. The molecule has 0 spiro atoms. The molecule has 1 atom stereocenters. The second-order valence-corrected chi connectivity index (χ2v) is 7.91. The van der Waals surface area contributed by atoms with Gasteiger partial charge >= 0.3 is 0 Å². The molecular weight excluding hydrogens is 450 g/mol. The Labute approximate surface area is 201 Å². The van der Waals surface area contributed by atoms with E-state index >= 15 is 0 Å². The van der Waals surface area contributed by atoms with Crippen molar-refractivity contribution in [2.75, 3.05) is 5.32 Å². The van der Waals surface area contributed by atoms with Crippen LogP contribution in [0.2, 0.25) is 0 Å². The van der Waals surface area contributed by atoms with Crippen LogP contribution in [-0.2, 0) is 11.3 Å². The molecule has 0 aliphatic heterocycles. The van der Waals surface area contributed by atoms with Gasteiger partial charge in [0.1, 0.15) is 23.4 Å². The molecule has 4 rings (SSSR count). The molecule has 0 bridgehead atoms. The molecule has 1 N–H and O–H groups in total. The van der Waals surface area contributed by atoms with Crippen molar-refractivity contribution in [1.29, 1.82) is 0 Å². The van der Waals surface area contributed by atoms with Gasteiger partial charge in [-0.05, 0) is 60.0 Å². The zero-order valence-electron chi connectivity index (χ0n) is 18.9. The first-order valence-corrected chi connectivity index (χ1v) is 10.9. The molecule has 3 aromatic carbocycles. The summed E-state index contributed by atoms with van der Waals surface area (Å²) in [5.41, 5.74) is 2.46. The fourth-order valence-electron chi connectivity index (χ4n) is 3.71. The average molecular weight is 472 g/mol. The number of halogens is 2. The monoisotopic (exact) mass is 472 g/mol. The molecule has 1 aromatic heterocycles. The largest absolute Gasteiger partial charge is 0.324 e. The van der Waals surface area contributed by atoms with E-state index in [4.69, 9.17) is 0 Å². The van der Waals surface area contributed by atoms with Gasteiger partial charge in [0.2, 0.25) is 0 Å². The maximum atomic E-state index is 13.7. The Kier molecular flexibility index (Phi) is 7.21. The van der Waals surface area contributed by atoms with Gasteiger partial charge < -0.3 is 10.2 Å². The van der Waals surface area contributed by atoms with Crippen LogP contribution in [0, 0.1) is 18.6 Å². The van der Waals surface area contributed by atoms with E-state index in [0.29, 0.717) is 16.8 Å². The van der Waals surface area contributed by atoms with E-state index in [1.165, 1.54) is 59.9 Å². The third-order valence-electron chi connectivity index (χ3n) is 5.46. The standard InChI is InChI=1S/C27H22F2N4O2/c1-18-4-2-3-5-23(18)25(26(34)32-22-12-10-21(29)11-13-22)33(17-19-6-8-20(28)9-7-19)27(35)24-16-30-14-15-31-24/h2-16,25H,17H2,1H3,(H,32,34)/t25-/m1/s1. The lowest BCUT2D eigenvalue weighted by molar-refractivity contribution is -0.121. The van der Waals surface area contributed by atoms with Crippen LogP contribution in [0.1, 0.15) is 33.2 Å². The molecule has 8 heteroatoms. The fourth-order valence-corrected chi connectivity index (χ4v) is 3.71. The molecule has 35 heavy (non-hydrogen) atoms. The molecule has 2 amide bonds. The van der Waals surface area contributed by atoms with E-state index in [1.807, 2.05) is 19.1 Å². The molecule has 176 valence electrons. The quantitative estimate of drug-likeness (QED) is 0.407. The zero-order chi connectivity index (χ0) is 24.8. The highest BCUT2D eigenvalue weighted by Crippen LogP contribution is 2.29. The second-order valence-electron chi connectivity index (χ2n) is 7.91. The van der Waals surface area contributed by atoms with Gasteiger partial charge in [-0.3, -0.25) is 14.6 Å². The predicted octanol–water partition coefficient (Wildman–Crippen LogP) is 5.09. The molecule has 0 aliphatic rings. The lowest BCUT2D eigenvalue weighted by Gasteiger charge is -2.32. The van der Waals surface area contributed by atoms with Crippen molar-refractivity contribution in [3.63, 3.8) is 0 Å². The first kappa shape index (κ1) is 23.7. The van der Waals surface area contributed by atoms with Crippen LogP contribution in [0.4, 0.5) is 14.5 Å². The number of carbonyl (C=O) groups excluding carboxylic acids is 2. The Morgan fingerprint density at radius 2 is 1.57 bits per heavy atom. The van der Waals surface area contributed by atoms with Crippen molar-refractivity contribution >= 4 is 17.5 Å². The Hall–Kier alpha value is -4.46. The van der Waals surface area contributed by atoms with Crippen LogP contribution in [0.15, 0.2) is 91.4 Å². The maximum Gasteiger partial charge on any atom is 0.275 e. The summed E-state index contributed by atoms with van der Waals surface area (Å²) in [6, 6.07) is 17.2. The Bertz CT molecular complexity index is 1310. The molecule has 0 saturated carbocycles. The maximum absolute atomic E-state index is 13.7. The van der Waals surface area contributed by atoms with E-state index in [-0.39, 0.29) is 12.2 Å². The summed E-state index contributed by atoms with van der Waals surface area (Å²) in [4.78, 5) is 36.8. The van der Waals surface area contributed by atoms with E-state index < -0.39 is 29.5 Å². The lowest BCUT2D eigenvalue weighted by atomic mass is 9.97. The number of carbonyl (C=O) groups is 2. The van der Waals surface area contributed by atoms with Gasteiger partial charge in [-0.25, -0.2) is 13.8 Å². The molecule has 0 unspecified atom stereocenters. The van der Waals surface area contributed by atoms with Crippen molar-refractivity contribution in [2.24, 2.45) is 0 Å². The lowest BCUT2D eigenvalue weighted by Crippen LogP contribution is -2.41. The number of nitrogens with one attached hydrogen (secondary N) is 1.